The largest absolute Gasteiger partial charge is 0.459 e. The summed E-state index contributed by atoms with van der Waals surface area (Å²) in [6, 6.07) is 8.21. The van der Waals surface area contributed by atoms with Crippen LogP contribution in [0.3, 0.4) is 0 Å². The zero-order chi connectivity index (χ0) is 20.5. The van der Waals surface area contributed by atoms with Crippen LogP contribution >= 0.6 is 11.6 Å². The molecule has 29 heavy (non-hydrogen) atoms. The Morgan fingerprint density at radius 1 is 1.31 bits per heavy atom. The number of hydrogen-bond acceptors (Lipinski definition) is 6. The Hall–Kier alpha value is -2.77. The van der Waals surface area contributed by atoms with Gasteiger partial charge in [0.1, 0.15) is 17.3 Å². The molecule has 4 rings (SSSR count). The highest BCUT2D eigenvalue weighted by Crippen LogP contribution is 2.33. The van der Waals surface area contributed by atoms with Gasteiger partial charge in [-0.3, -0.25) is 15.0 Å². The molecule has 7 nitrogen and oxygen atoms in total. The van der Waals surface area contributed by atoms with Crippen molar-refractivity contribution in [3.8, 4) is 11.3 Å². The van der Waals surface area contributed by atoms with Gasteiger partial charge in [0.05, 0.1) is 17.0 Å². The van der Waals surface area contributed by atoms with Crippen LogP contribution in [0.1, 0.15) is 42.6 Å². The number of nitro benzene ring substituents is 1. The third-order valence-electron chi connectivity index (χ3n) is 5.01. The molecule has 1 aromatic carbocycles. The molecule has 3 heterocycles. The molecule has 0 saturated carbocycles. The Morgan fingerprint density at radius 3 is 2.90 bits per heavy atom. The molecule has 2 aromatic heterocycles. The molecule has 3 aromatic rings. The minimum atomic E-state index is -0.448. The van der Waals surface area contributed by atoms with E-state index in [4.69, 9.17) is 21.0 Å². The van der Waals surface area contributed by atoms with Gasteiger partial charge in [0.25, 0.3) is 5.69 Å². The third kappa shape index (κ3) is 4.16. The fraction of sp³-hybridized carbons (Fsp3) is 0.333. The number of rotatable bonds is 5. The highest BCUT2D eigenvalue weighted by atomic mass is 35.5. The molecule has 0 fully saturated rings. The standard InChI is InChI=1S/C21H21ClN4O3/c1-13(2)21-23-10-14-11-25(8-7-18(14)24-21)12-16-4-6-20(29-16)17-5-3-15(22)9-19(17)26(27)28/h3-6,9-10,13H,7-8,11-12H2,1-2H3. The van der Waals surface area contributed by atoms with E-state index in [2.05, 4.69) is 23.7 Å². The lowest BCUT2D eigenvalue weighted by atomic mass is 10.1. The molecule has 0 saturated heterocycles. The number of nitro groups is 1. The van der Waals surface area contributed by atoms with Gasteiger partial charge in [-0.15, -0.1) is 0 Å². The summed E-state index contributed by atoms with van der Waals surface area (Å²) in [5.74, 6) is 2.42. The lowest BCUT2D eigenvalue weighted by Gasteiger charge is -2.27. The maximum absolute atomic E-state index is 11.3. The van der Waals surface area contributed by atoms with Crippen molar-refractivity contribution in [1.82, 2.24) is 14.9 Å². The van der Waals surface area contributed by atoms with E-state index in [1.807, 2.05) is 12.3 Å². The lowest BCUT2D eigenvalue weighted by molar-refractivity contribution is -0.384. The topological polar surface area (TPSA) is 85.3 Å². The van der Waals surface area contributed by atoms with Crippen LogP contribution < -0.4 is 0 Å². The summed E-state index contributed by atoms with van der Waals surface area (Å²) in [6.07, 6.45) is 2.79. The molecule has 8 heteroatoms. The summed E-state index contributed by atoms with van der Waals surface area (Å²) >= 11 is 5.90. The SMILES string of the molecule is CC(C)c1ncc2c(n1)CCN(Cc1ccc(-c3ccc(Cl)cc3[N+](=O)[O-])o1)C2. The molecule has 0 radical (unpaired) electrons. The van der Waals surface area contributed by atoms with Crippen molar-refractivity contribution in [3.05, 3.63) is 74.5 Å². The molecule has 1 aliphatic heterocycles. The van der Waals surface area contributed by atoms with E-state index in [9.17, 15) is 10.1 Å². The van der Waals surface area contributed by atoms with E-state index in [0.717, 1.165) is 42.4 Å². The number of furan rings is 1. The van der Waals surface area contributed by atoms with E-state index < -0.39 is 4.92 Å². The predicted molar refractivity (Wildman–Crippen MR) is 110 cm³/mol. The smallest absolute Gasteiger partial charge is 0.281 e. The van der Waals surface area contributed by atoms with Crippen LogP contribution in [0.5, 0.6) is 0 Å². The molecule has 0 amide bonds. The average molecular weight is 413 g/mol. The van der Waals surface area contributed by atoms with Crippen molar-refractivity contribution >= 4 is 17.3 Å². The molecular formula is C21H21ClN4O3. The predicted octanol–water partition coefficient (Wildman–Crippen LogP) is 4.98. The van der Waals surface area contributed by atoms with Crippen LogP contribution in [0, 0.1) is 10.1 Å². The Kier molecular flexibility index (Phi) is 5.34. The Bertz CT molecular complexity index is 1060. The van der Waals surface area contributed by atoms with Crippen LogP contribution in [-0.2, 0) is 19.5 Å². The van der Waals surface area contributed by atoms with Crippen LogP contribution in [0.2, 0.25) is 5.02 Å². The lowest BCUT2D eigenvalue weighted by Crippen LogP contribution is -2.31. The first-order valence-electron chi connectivity index (χ1n) is 9.51. The average Bonchev–Trinajstić information content (AvgIpc) is 3.15. The normalized spacial score (nSPS) is 14.2. The van der Waals surface area contributed by atoms with Gasteiger partial charge in [0.2, 0.25) is 0 Å². The summed E-state index contributed by atoms with van der Waals surface area (Å²) in [6.45, 7) is 6.43. The van der Waals surface area contributed by atoms with Crippen LogP contribution in [0.15, 0.2) is 40.9 Å². The Balaban J connectivity index is 1.50. The minimum absolute atomic E-state index is 0.0663. The molecular weight excluding hydrogens is 392 g/mol. The van der Waals surface area contributed by atoms with Gasteiger partial charge in [-0.05, 0) is 24.3 Å². The van der Waals surface area contributed by atoms with Crippen molar-refractivity contribution < 1.29 is 9.34 Å². The zero-order valence-corrected chi connectivity index (χ0v) is 17.0. The van der Waals surface area contributed by atoms with Gasteiger partial charge in [-0.2, -0.15) is 0 Å². The summed E-state index contributed by atoms with van der Waals surface area (Å²) < 4.78 is 5.92. The van der Waals surface area contributed by atoms with Crippen LogP contribution in [-0.4, -0.2) is 26.3 Å². The second kappa shape index (κ2) is 7.93. The van der Waals surface area contributed by atoms with E-state index in [1.54, 1.807) is 18.2 Å². The number of halogens is 1. The molecule has 150 valence electrons. The van der Waals surface area contributed by atoms with Crippen molar-refractivity contribution in [2.45, 2.75) is 39.3 Å². The van der Waals surface area contributed by atoms with Gasteiger partial charge >= 0.3 is 0 Å². The molecule has 1 aliphatic rings. The van der Waals surface area contributed by atoms with Gasteiger partial charge in [0, 0.05) is 54.0 Å². The van der Waals surface area contributed by atoms with Crippen molar-refractivity contribution in [3.63, 3.8) is 0 Å². The van der Waals surface area contributed by atoms with E-state index in [1.165, 1.54) is 6.07 Å². The Labute approximate surface area is 173 Å². The Morgan fingerprint density at radius 2 is 2.14 bits per heavy atom. The highest BCUT2D eigenvalue weighted by molar-refractivity contribution is 6.30. The first-order valence-corrected chi connectivity index (χ1v) is 9.88. The van der Waals surface area contributed by atoms with Crippen molar-refractivity contribution in [2.24, 2.45) is 0 Å². The monoisotopic (exact) mass is 412 g/mol. The van der Waals surface area contributed by atoms with E-state index in [0.29, 0.717) is 28.8 Å². The van der Waals surface area contributed by atoms with Gasteiger partial charge in [-0.25, -0.2) is 9.97 Å². The van der Waals surface area contributed by atoms with E-state index >= 15 is 0 Å². The minimum Gasteiger partial charge on any atom is -0.459 e. The highest BCUT2D eigenvalue weighted by Gasteiger charge is 2.22. The maximum atomic E-state index is 11.3. The number of hydrogen-bond donors (Lipinski definition) is 0. The first-order chi connectivity index (χ1) is 13.9. The maximum Gasteiger partial charge on any atom is 0.281 e. The van der Waals surface area contributed by atoms with Crippen molar-refractivity contribution in [1.29, 1.82) is 0 Å². The number of nitrogens with zero attached hydrogens (tertiary/aromatic N) is 4. The van der Waals surface area contributed by atoms with Gasteiger partial charge < -0.3 is 4.42 Å². The summed E-state index contributed by atoms with van der Waals surface area (Å²) in [7, 11) is 0. The summed E-state index contributed by atoms with van der Waals surface area (Å²) in [4.78, 5) is 22.3. The van der Waals surface area contributed by atoms with Gasteiger partial charge in [0.15, 0.2) is 0 Å². The second-order valence-corrected chi connectivity index (χ2v) is 7.94. The van der Waals surface area contributed by atoms with Gasteiger partial charge in [-0.1, -0.05) is 25.4 Å². The van der Waals surface area contributed by atoms with Crippen LogP contribution in [0.25, 0.3) is 11.3 Å². The molecule has 0 unspecified atom stereocenters. The van der Waals surface area contributed by atoms with E-state index in [-0.39, 0.29) is 5.69 Å². The third-order valence-corrected chi connectivity index (χ3v) is 5.25. The second-order valence-electron chi connectivity index (χ2n) is 7.50. The molecule has 0 aliphatic carbocycles. The zero-order valence-electron chi connectivity index (χ0n) is 16.3. The number of aromatic nitrogens is 2. The van der Waals surface area contributed by atoms with Crippen LogP contribution in [0.4, 0.5) is 5.69 Å². The molecule has 0 spiro atoms. The molecule has 0 N–H and O–H groups in total. The first kappa shape index (κ1) is 19.5. The fourth-order valence-electron chi connectivity index (χ4n) is 3.50. The molecule has 0 bridgehead atoms. The fourth-order valence-corrected chi connectivity index (χ4v) is 3.66. The summed E-state index contributed by atoms with van der Waals surface area (Å²) in [5, 5.41) is 11.7. The molecule has 0 atom stereocenters. The number of fused-ring (bicyclic) bond motifs is 1. The summed E-state index contributed by atoms with van der Waals surface area (Å²) in [5.41, 5.74) is 2.62. The van der Waals surface area contributed by atoms with Crippen molar-refractivity contribution in [2.75, 3.05) is 6.54 Å². The quantitative estimate of drug-likeness (QED) is 0.434. The number of benzene rings is 1.